The van der Waals surface area contributed by atoms with Crippen LogP contribution in [0.4, 0.5) is 0 Å². The van der Waals surface area contributed by atoms with Gasteiger partial charge in [-0.05, 0) is 68.6 Å². The van der Waals surface area contributed by atoms with Gasteiger partial charge in [-0.1, -0.05) is 17.7 Å². The molecule has 0 radical (unpaired) electrons. The second kappa shape index (κ2) is 8.70. The van der Waals surface area contributed by atoms with Gasteiger partial charge in [0.15, 0.2) is 6.10 Å². The van der Waals surface area contributed by atoms with Crippen molar-refractivity contribution in [3.05, 3.63) is 51.7 Å². The number of nitrogens with zero attached hydrogens (tertiary/aromatic N) is 1. The van der Waals surface area contributed by atoms with Crippen LogP contribution in [0.5, 0.6) is 5.75 Å². The van der Waals surface area contributed by atoms with E-state index < -0.39 is 6.10 Å². The zero-order chi connectivity index (χ0) is 17.6. The van der Waals surface area contributed by atoms with E-state index in [2.05, 4.69) is 27.7 Å². The van der Waals surface area contributed by atoms with Gasteiger partial charge in [0.25, 0.3) is 5.91 Å². The summed E-state index contributed by atoms with van der Waals surface area (Å²) in [5.74, 6) is 0.539. The summed E-state index contributed by atoms with van der Waals surface area (Å²) in [4.78, 5) is 16.2. The van der Waals surface area contributed by atoms with Crippen molar-refractivity contribution in [1.29, 1.82) is 0 Å². The van der Waals surface area contributed by atoms with Crippen LogP contribution >= 0.6 is 22.9 Å². The van der Waals surface area contributed by atoms with E-state index >= 15 is 0 Å². The van der Waals surface area contributed by atoms with Crippen molar-refractivity contribution in [1.82, 2.24) is 10.2 Å². The fourth-order valence-electron chi connectivity index (χ4n) is 3.06. The molecule has 1 N–H and O–H groups in total. The molecule has 1 aromatic heterocycles. The first kappa shape index (κ1) is 18.2. The SMILES string of the molecule is CC(Oc1ccc(Cl)cc1)C(=O)NCC(c1cccs1)N1CCCC1. The van der Waals surface area contributed by atoms with Crippen LogP contribution in [0.15, 0.2) is 41.8 Å². The molecular formula is C19H23ClN2O2S. The highest BCUT2D eigenvalue weighted by molar-refractivity contribution is 7.10. The lowest BCUT2D eigenvalue weighted by Crippen LogP contribution is -2.41. The number of likely N-dealkylation sites (tertiary alicyclic amines) is 1. The number of carbonyl (C=O) groups is 1. The Morgan fingerprint density at radius 3 is 2.64 bits per heavy atom. The molecule has 0 bridgehead atoms. The third kappa shape index (κ3) is 4.97. The van der Waals surface area contributed by atoms with Crippen molar-refractivity contribution in [2.75, 3.05) is 19.6 Å². The largest absolute Gasteiger partial charge is 0.481 e. The van der Waals surface area contributed by atoms with Gasteiger partial charge < -0.3 is 10.1 Å². The minimum Gasteiger partial charge on any atom is -0.481 e. The molecule has 4 nitrogen and oxygen atoms in total. The van der Waals surface area contributed by atoms with E-state index in [1.807, 2.05) is 0 Å². The Morgan fingerprint density at radius 1 is 1.28 bits per heavy atom. The molecule has 1 saturated heterocycles. The quantitative estimate of drug-likeness (QED) is 0.787. The second-order valence-electron chi connectivity index (χ2n) is 6.23. The lowest BCUT2D eigenvalue weighted by molar-refractivity contribution is -0.127. The molecule has 2 aromatic rings. The topological polar surface area (TPSA) is 41.6 Å². The number of benzene rings is 1. The number of halogens is 1. The summed E-state index contributed by atoms with van der Waals surface area (Å²) < 4.78 is 5.70. The smallest absolute Gasteiger partial charge is 0.260 e. The highest BCUT2D eigenvalue weighted by Crippen LogP contribution is 2.27. The van der Waals surface area contributed by atoms with Crippen molar-refractivity contribution in [3.63, 3.8) is 0 Å². The summed E-state index contributed by atoms with van der Waals surface area (Å²) in [6.45, 7) is 4.55. The predicted molar refractivity (Wildman–Crippen MR) is 102 cm³/mol. The average molecular weight is 379 g/mol. The maximum atomic E-state index is 12.4. The molecule has 1 amide bonds. The fraction of sp³-hybridized carbons (Fsp3) is 0.421. The second-order valence-corrected chi connectivity index (χ2v) is 7.65. The van der Waals surface area contributed by atoms with Gasteiger partial charge in [-0.2, -0.15) is 0 Å². The molecule has 0 spiro atoms. The Labute approximate surface area is 157 Å². The van der Waals surface area contributed by atoms with Crippen LogP contribution in [0.25, 0.3) is 0 Å². The highest BCUT2D eigenvalue weighted by Gasteiger charge is 2.25. The molecule has 2 unspecified atom stereocenters. The Bertz CT molecular complexity index is 669. The van der Waals surface area contributed by atoms with E-state index in [-0.39, 0.29) is 11.9 Å². The van der Waals surface area contributed by atoms with Crippen molar-refractivity contribution < 1.29 is 9.53 Å². The summed E-state index contributed by atoms with van der Waals surface area (Å²) in [6, 6.07) is 11.5. The van der Waals surface area contributed by atoms with Crippen molar-refractivity contribution in [2.24, 2.45) is 0 Å². The van der Waals surface area contributed by atoms with Crippen LogP contribution in [-0.4, -0.2) is 36.5 Å². The normalized spacial score (nSPS) is 17.2. The van der Waals surface area contributed by atoms with Gasteiger partial charge in [-0.15, -0.1) is 11.3 Å². The summed E-state index contributed by atoms with van der Waals surface area (Å²) in [5, 5.41) is 5.79. The standard InChI is InChI=1S/C19H23ClN2O2S/c1-14(24-16-8-6-15(20)7-9-16)19(23)21-13-17(18-5-4-12-25-18)22-10-2-3-11-22/h4-9,12,14,17H,2-3,10-11,13H2,1H3,(H,21,23). The van der Waals surface area contributed by atoms with Crippen LogP contribution in [0.3, 0.4) is 0 Å². The summed E-state index contributed by atoms with van der Waals surface area (Å²) in [5.41, 5.74) is 0. The maximum Gasteiger partial charge on any atom is 0.260 e. The first-order chi connectivity index (χ1) is 12.1. The van der Waals surface area contributed by atoms with Crippen LogP contribution in [0.2, 0.25) is 5.02 Å². The van der Waals surface area contributed by atoms with Gasteiger partial charge in [0.2, 0.25) is 0 Å². The van der Waals surface area contributed by atoms with Gasteiger partial charge in [-0.25, -0.2) is 0 Å². The van der Waals surface area contributed by atoms with Crippen molar-refractivity contribution in [2.45, 2.75) is 31.9 Å². The number of rotatable bonds is 7. The third-order valence-corrected chi connectivity index (χ3v) is 5.64. The lowest BCUT2D eigenvalue weighted by Gasteiger charge is -2.27. The van der Waals surface area contributed by atoms with Gasteiger partial charge in [-0.3, -0.25) is 9.69 Å². The number of hydrogen-bond donors (Lipinski definition) is 1. The molecule has 0 aliphatic carbocycles. The molecule has 1 aliphatic heterocycles. The van der Waals surface area contributed by atoms with Crippen molar-refractivity contribution >= 4 is 28.8 Å². The zero-order valence-electron chi connectivity index (χ0n) is 14.3. The van der Waals surface area contributed by atoms with Crippen LogP contribution < -0.4 is 10.1 Å². The van der Waals surface area contributed by atoms with Gasteiger partial charge in [0.1, 0.15) is 5.75 Å². The lowest BCUT2D eigenvalue weighted by atomic mass is 10.2. The van der Waals surface area contributed by atoms with Crippen LogP contribution in [-0.2, 0) is 4.79 Å². The summed E-state index contributed by atoms with van der Waals surface area (Å²) in [6.07, 6.45) is 1.90. The van der Waals surface area contributed by atoms with Crippen LogP contribution in [0.1, 0.15) is 30.7 Å². The molecule has 0 saturated carbocycles. The molecule has 2 atom stereocenters. The summed E-state index contributed by atoms with van der Waals surface area (Å²) in [7, 11) is 0. The Hall–Kier alpha value is -1.56. The first-order valence-electron chi connectivity index (χ1n) is 8.61. The minimum atomic E-state index is -0.552. The molecule has 6 heteroatoms. The van der Waals surface area contributed by atoms with Gasteiger partial charge >= 0.3 is 0 Å². The molecule has 1 fully saturated rings. The minimum absolute atomic E-state index is 0.101. The number of ether oxygens (including phenoxy) is 1. The molecule has 2 heterocycles. The van der Waals surface area contributed by atoms with E-state index in [0.29, 0.717) is 17.3 Å². The number of carbonyl (C=O) groups excluding carboxylic acids is 1. The molecular weight excluding hydrogens is 356 g/mol. The van der Waals surface area contributed by atoms with Crippen molar-refractivity contribution in [3.8, 4) is 5.75 Å². The van der Waals surface area contributed by atoms with Crippen LogP contribution in [0, 0.1) is 0 Å². The molecule has 1 aromatic carbocycles. The van der Waals surface area contributed by atoms with Gasteiger partial charge in [0.05, 0.1) is 6.04 Å². The number of amides is 1. The molecule has 1 aliphatic rings. The highest BCUT2D eigenvalue weighted by atomic mass is 35.5. The maximum absolute atomic E-state index is 12.4. The number of nitrogens with one attached hydrogen (secondary N) is 1. The van der Waals surface area contributed by atoms with E-state index in [4.69, 9.17) is 16.3 Å². The molecule has 134 valence electrons. The number of thiophene rings is 1. The van der Waals surface area contributed by atoms with E-state index in [9.17, 15) is 4.79 Å². The van der Waals surface area contributed by atoms with E-state index in [1.165, 1.54) is 17.7 Å². The van der Waals surface area contributed by atoms with E-state index in [1.54, 1.807) is 42.5 Å². The molecule has 3 rings (SSSR count). The monoisotopic (exact) mass is 378 g/mol. The van der Waals surface area contributed by atoms with Gasteiger partial charge in [0, 0.05) is 16.4 Å². The number of hydrogen-bond acceptors (Lipinski definition) is 4. The fourth-order valence-corrected chi connectivity index (χ4v) is 4.04. The predicted octanol–water partition coefficient (Wildman–Crippen LogP) is 4.12. The Balaban J connectivity index is 1.56. The van der Waals surface area contributed by atoms with E-state index in [0.717, 1.165) is 13.1 Å². The third-order valence-electron chi connectivity index (χ3n) is 4.42. The Kier molecular flexibility index (Phi) is 6.34. The average Bonchev–Trinajstić information content (AvgIpc) is 3.31. The first-order valence-corrected chi connectivity index (χ1v) is 9.86. The molecule has 25 heavy (non-hydrogen) atoms. The zero-order valence-corrected chi connectivity index (χ0v) is 15.9. The Morgan fingerprint density at radius 2 is 2.00 bits per heavy atom. The summed E-state index contributed by atoms with van der Waals surface area (Å²) >= 11 is 7.61.